The minimum absolute atomic E-state index is 0.150. The first-order valence-electron chi connectivity index (χ1n) is 10.2. The Hall–Kier alpha value is -2.64. The van der Waals surface area contributed by atoms with Gasteiger partial charge in [0.05, 0.1) is 18.0 Å². The topological polar surface area (TPSA) is 66.9 Å². The monoisotopic (exact) mass is 396 g/mol. The summed E-state index contributed by atoms with van der Waals surface area (Å²) < 4.78 is 11.4. The van der Waals surface area contributed by atoms with Gasteiger partial charge in [0.2, 0.25) is 0 Å². The van der Waals surface area contributed by atoms with E-state index in [2.05, 4.69) is 27.1 Å². The number of amides is 1. The van der Waals surface area contributed by atoms with E-state index in [0.717, 1.165) is 51.4 Å². The number of piperazine rings is 1. The number of pyridine rings is 1. The second kappa shape index (κ2) is 9.24. The van der Waals surface area contributed by atoms with Crippen LogP contribution < -0.4 is 15.0 Å². The number of likely N-dealkylation sites (N-methyl/N-ethyl adjacent to an activating group) is 1. The highest BCUT2D eigenvalue weighted by Gasteiger charge is 2.17. The maximum Gasteiger partial charge on any atom is 0.255 e. The number of hydrogen-bond donors (Lipinski definition) is 1. The third kappa shape index (κ3) is 5.25. The van der Waals surface area contributed by atoms with Crippen molar-refractivity contribution < 1.29 is 14.3 Å². The molecule has 2 aromatic rings. The molecule has 7 nitrogen and oxygen atoms in total. The van der Waals surface area contributed by atoms with Gasteiger partial charge in [-0.2, -0.15) is 0 Å². The Morgan fingerprint density at radius 2 is 2.10 bits per heavy atom. The standard InChI is InChI=1S/C22H28N4O3/c1-25-9-11-26(12-10-25)21-8-7-18(15-23-21)24-22(27)17-4-2-5-19(14-17)29-16-20-6-3-13-28-20/h2,4-5,7-8,14-15,20H,3,6,9-13,16H2,1H3,(H,24,27)/t20-/m1/s1. The van der Waals surface area contributed by atoms with Crippen LogP contribution in [0, 0.1) is 0 Å². The second-order valence-corrected chi connectivity index (χ2v) is 7.62. The molecule has 2 fully saturated rings. The van der Waals surface area contributed by atoms with Crippen molar-refractivity contribution in [3.63, 3.8) is 0 Å². The Morgan fingerprint density at radius 1 is 1.24 bits per heavy atom. The van der Waals surface area contributed by atoms with Gasteiger partial charge >= 0.3 is 0 Å². The molecule has 1 aromatic carbocycles. The number of aromatic nitrogens is 1. The van der Waals surface area contributed by atoms with E-state index in [-0.39, 0.29) is 12.0 Å². The molecule has 2 saturated heterocycles. The molecule has 1 N–H and O–H groups in total. The first kappa shape index (κ1) is 19.7. The van der Waals surface area contributed by atoms with Crippen molar-refractivity contribution in [1.82, 2.24) is 9.88 Å². The SMILES string of the molecule is CN1CCN(c2ccc(NC(=O)c3cccc(OC[C@H]4CCCO4)c3)cn2)CC1. The first-order chi connectivity index (χ1) is 14.2. The predicted molar refractivity (Wildman–Crippen MR) is 113 cm³/mol. The number of anilines is 2. The van der Waals surface area contributed by atoms with Gasteiger partial charge in [0.1, 0.15) is 18.2 Å². The average molecular weight is 396 g/mol. The van der Waals surface area contributed by atoms with Crippen molar-refractivity contribution in [1.29, 1.82) is 0 Å². The van der Waals surface area contributed by atoms with Crippen molar-refractivity contribution in [2.45, 2.75) is 18.9 Å². The third-order valence-electron chi connectivity index (χ3n) is 5.39. The lowest BCUT2D eigenvalue weighted by molar-refractivity contribution is 0.0679. The van der Waals surface area contributed by atoms with Crippen molar-refractivity contribution in [3.8, 4) is 5.75 Å². The summed E-state index contributed by atoms with van der Waals surface area (Å²) in [5, 5.41) is 2.91. The number of carbonyl (C=O) groups is 1. The molecule has 0 bridgehead atoms. The van der Waals surface area contributed by atoms with Crippen molar-refractivity contribution in [2.24, 2.45) is 0 Å². The number of carbonyl (C=O) groups excluding carboxylic acids is 1. The van der Waals surface area contributed by atoms with Gasteiger partial charge in [-0.3, -0.25) is 4.79 Å². The molecule has 4 rings (SSSR count). The van der Waals surface area contributed by atoms with Gasteiger partial charge < -0.3 is 24.6 Å². The van der Waals surface area contributed by atoms with E-state index in [9.17, 15) is 4.79 Å². The number of ether oxygens (including phenoxy) is 2. The van der Waals surface area contributed by atoms with Crippen molar-refractivity contribution >= 4 is 17.4 Å². The molecular weight excluding hydrogens is 368 g/mol. The number of nitrogens with zero attached hydrogens (tertiary/aromatic N) is 3. The molecule has 3 heterocycles. The Balaban J connectivity index is 1.33. The Labute approximate surface area is 171 Å². The van der Waals surface area contributed by atoms with Gasteiger partial charge in [0, 0.05) is 38.3 Å². The summed E-state index contributed by atoms with van der Waals surface area (Å²) in [6.45, 7) is 5.32. The zero-order valence-electron chi connectivity index (χ0n) is 16.8. The Kier molecular flexibility index (Phi) is 6.27. The zero-order valence-corrected chi connectivity index (χ0v) is 16.8. The van der Waals surface area contributed by atoms with Crippen LogP contribution in [0.25, 0.3) is 0 Å². The largest absolute Gasteiger partial charge is 0.491 e. The quantitative estimate of drug-likeness (QED) is 0.810. The summed E-state index contributed by atoms with van der Waals surface area (Å²) >= 11 is 0. The van der Waals surface area contributed by atoms with Crippen LogP contribution in [0.5, 0.6) is 5.75 Å². The predicted octanol–water partition coefficient (Wildman–Crippen LogP) is 2.64. The van der Waals surface area contributed by atoms with Gasteiger partial charge in [-0.05, 0) is 50.2 Å². The molecule has 29 heavy (non-hydrogen) atoms. The molecule has 7 heteroatoms. The molecule has 0 saturated carbocycles. The van der Waals surface area contributed by atoms with Gasteiger partial charge in [-0.15, -0.1) is 0 Å². The number of hydrogen-bond acceptors (Lipinski definition) is 6. The molecule has 0 spiro atoms. The summed E-state index contributed by atoms with van der Waals surface area (Å²) in [5.41, 5.74) is 1.23. The average Bonchev–Trinajstić information content (AvgIpc) is 3.27. The van der Waals surface area contributed by atoms with Gasteiger partial charge in [0.25, 0.3) is 5.91 Å². The molecule has 154 valence electrons. The molecule has 0 radical (unpaired) electrons. The molecule has 1 atom stereocenters. The third-order valence-corrected chi connectivity index (χ3v) is 5.39. The van der Waals surface area contributed by atoms with E-state index in [4.69, 9.17) is 9.47 Å². The molecular formula is C22H28N4O3. The van der Waals surface area contributed by atoms with Crippen LogP contribution >= 0.6 is 0 Å². The normalized spacial score (nSPS) is 19.9. The Morgan fingerprint density at radius 3 is 2.83 bits per heavy atom. The highest BCUT2D eigenvalue weighted by atomic mass is 16.5. The fourth-order valence-corrected chi connectivity index (χ4v) is 3.58. The number of benzene rings is 1. The van der Waals surface area contributed by atoms with Crippen LogP contribution in [0.3, 0.4) is 0 Å². The minimum atomic E-state index is -0.179. The van der Waals surface area contributed by atoms with E-state index in [1.165, 1.54) is 0 Å². The molecule has 0 aliphatic carbocycles. The number of rotatable bonds is 6. The number of nitrogens with one attached hydrogen (secondary N) is 1. The summed E-state index contributed by atoms with van der Waals surface area (Å²) in [6, 6.07) is 11.1. The molecule has 1 aromatic heterocycles. The second-order valence-electron chi connectivity index (χ2n) is 7.62. The zero-order chi connectivity index (χ0) is 20.1. The van der Waals surface area contributed by atoms with Crippen LogP contribution in [-0.4, -0.2) is 68.3 Å². The highest BCUT2D eigenvalue weighted by molar-refractivity contribution is 6.04. The summed E-state index contributed by atoms with van der Waals surface area (Å²) in [4.78, 5) is 21.7. The van der Waals surface area contributed by atoms with E-state index in [1.54, 1.807) is 18.3 Å². The molecule has 1 amide bonds. The van der Waals surface area contributed by atoms with E-state index < -0.39 is 0 Å². The summed E-state index contributed by atoms with van der Waals surface area (Å²) in [6.07, 6.45) is 3.97. The van der Waals surface area contributed by atoms with Crippen LogP contribution in [0.15, 0.2) is 42.6 Å². The smallest absolute Gasteiger partial charge is 0.255 e. The van der Waals surface area contributed by atoms with Crippen LogP contribution in [0.1, 0.15) is 23.2 Å². The van der Waals surface area contributed by atoms with E-state index >= 15 is 0 Å². The van der Waals surface area contributed by atoms with Gasteiger partial charge in [0.15, 0.2) is 0 Å². The molecule has 0 unspecified atom stereocenters. The maximum atomic E-state index is 12.6. The lowest BCUT2D eigenvalue weighted by Gasteiger charge is -2.33. The van der Waals surface area contributed by atoms with E-state index in [0.29, 0.717) is 23.6 Å². The fourth-order valence-electron chi connectivity index (χ4n) is 3.58. The van der Waals surface area contributed by atoms with Crippen LogP contribution in [-0.2, 0) is 4.74 Å². The van der Waals surface area contributed by atoms with Gasteiger partial charge in [-0.25, -0.2) is 4.98 Å². The van der Waals surface area contributed by atoms with E-state index in [1.807, 2.05) is 24.3 Å². The van der Waals surface area contributed by atoms with Crippen LogP contribution in [0.4, 0.5) is 11.5 Å². The summed E-state index contributed by atoms with van der Waals surface area (Å²) in [5.74, 6) is 1.44. The molecule has 2 aliphatic rings. The summed E-state index contributed by atoms with van der Waals surface area (Å²) in [7, 11) is 2.13. The first-order valence-corrected chi connectivity index (χ1v) is 10.2. The van der Waals surface area contributed by atoms with Crippen LogP contribution in [0.2, 0.25) is 0 Å². The highest BCUT2D eigenvalue weighted by Crippen LogP contribution is 2.19. The Bertz CT molecular complexity index is 813. The minimum Gasteiger partial charge on any atom is -0.491 e. The van der Waals surface area contributed by atoms with Gasteiger partial charge in [-0.1, -0.05) is 6.07 Å². The van der Waals surface area contributed by atoms with Crippen molar-refractivity contribution in [3.05, 3.63) is 48.2 Å². The van der Waals surface area contributed by atoms with Crippen molar-refractivity contribution in [2.75, 3.05) is 56.7 Å². The lowest BCUT2D eigenvalue weighted by atomic mass is 10.2. The lowest BCUT2D eigenvalue weighted by Crippen LogP contribution is -2.44. The molecule has 2 aliphatic heterocycles. The maximum absolute atomic E-state index is 12.6. The fraction of sp³-hybridized carbons (Fsp3) is 0.455.